The van der Waals surface area contributed by atoms with Crippen LogP contribution in [0.3, 0.4) is 0 Å². The summed E-state index contributed by atoms with van der Waals surface area (Å²) in [6, 6.07) is 1.49. The fourth-order valence-corrected chi connectivity index (χ4v) is 0.997. The van der Waals surface area contributed by atoms with Crippen LogP contribution in [0.15, 0.2) is 18.5 Å². The van der Waals surface area contributed by atoms with Gasteiger partial charge in [0.25, 0.3) is 6.43 Å². The van der Waals surface area contributed by atoms with Gasteiger partial charge < -0.3 is 0 Å². The maximum Gasteiger partial charge on any atom is 0.265 e. The summed E-state index contributed by atoms with van der Waals surface area (Å²) in [4.78, 5) is 3.58. The predicted octanol–water partition coefficient (Wildman–Crippen LogP) is 2.76. The molecule has 11 heavy (non-hydrogen) atoms. The van der Waals surface area contributed by atoms with Gasteiger partial charge in [0.2, 0.25) is 0 Å². The molecular weight excluding hydrogens is 172 g/mol. The average molecular weight is 178 g/mol. The number of pyridine rings is 1. The molecule has 1 nitrogen and oxygen atoms in total. The second kappa shape index (κ2) is 3.62. The molecule has 0 saturated carbocycles. The number of hydrogen-bond acceptors (Lipinski definition) is 1. The minimum Gasteiger partial charge on any atom is -0.264 e. The standard InChI is InChI=1S/C7H6ClF2N/c8-3-5-1-2-11-4-6(5)7(9)10/h1-2,4,7H,3H2. The zero-order valence-corrected chi connectivity index (χ0v) is 6.35. The summed E-state index contributed by atoms with van der Waals surface area (Å²) in [6.07, 6.45) is 0.101. The van der Waals surface area contributed by atoms with Gasteiger partial charge in [0, 0.05) is 23.8 Å². The van der Waals surface area contributed by atoms with Gasteiger partial charge in [-0.1, -0.05) is 0 Å². The Bertz CT molecular complexity index is 240. The van der Waals surface area contributed by atoms with Gasteiger partial charge >= 0.3 is 0 Å². The molecule has 0 atom stereocenters. The van der Waals surface area contributed by atoms with Crippen molar-refractivity contribution >= 4 is 11.6 Å². The minimum atomic E-state index is -2.49. The molecule has 0 aliphatic rings. The van der Waals surface area contributed by atoms with Crippen LogP contribution in [0.2, 0.25) is 0 Å². The molecule has 0 spiro atoms. The van der Waals surface area contributed by atoms with E-state index in [-0.39, 0.29) is 11.4 Å². The van der Waals surface area contributed by atoms with Crippen LogP contribution in [0, 0.1) is 0 Å². The topological polar surface area (TPSA) is 12.9 Å². The first-order valence-corrected chi connectivity index (χ1v) is 3.56. The lowest BCUT2D eigenvalue weighted by Crippen LogP contribution is -1.92. The highest BCUT2D eigenvalue weighted by atomic mass is 35.5. The molecule has 0 amide bonds. The van der Waals surface area contributed by atoms with Crippen LogP contribution in [0.5, 0.6) is 0 Å². The molecule has 0 N–H and O–H groups in total. The van der Waals surface area contributed by atoms with E-state index < -0.39 is 6.43 Å². The molecular formula is C7H6ClF2N. The van der Waals surface area contributed by atoms with Gasteiger partial charge in [0.15, 0.2) is 0 Å². The first-order valence-electron chi connectivity index (χ1n) is 3.02. The highest BCUT2D eigenvalue weighted by Gasteiger charge is 2.11. The van der Waals surface area contributed by atoms with Gasteiger partial charge in [0.05, 0.1) is 0 Å². The third kappa shape index (κ3) is 1.87. The van der Waals surface area contributed by atoms with Crippen molar-refractivity contribution in [3.05, 3.63) is 29.6 Å². The van der Waals surface area contributed by atoms with Crippen molar-refractivity contribution in [3.63, 3.8) is 0 Å². The summed E-state index contributed by atoms with van der Waals surface area (Å²) >= 11 is 5.42. The number of nitrogens with zero attached hydrogens (tertiary/aromatic N) is 1. The molecule has 0 fully saturated rings. The van der Waals surface area contributed by atoms with E-state index in [4.69, 9.17) is 11.6 Å². The molecule has 0 aromatic carbocycles. The molecule has 60 valence electrons. The van der Waals surface area contributed by atoms with Crippen molar-refractivity contribution in [2.75, 3.05) is 0 Å². The summed E-state index contributed by atoms with van der Waals surface area (Å²) in [6.45, 7) is 0. The maximum atomic E-state index is 12.1. The molecule has 1 heterocycles. The molecule has 0 aliphatic carbocycles. The van der Waals surface area contributed by atoms with Gasteiger partial charge in [-0.15, -0.1) is 11.6 Å². The van der Waals surface area contributed by atoms with E-state index in [1.54, 1.807) is 0 Å². The Morgan fingerprint density at radius 1 is 1.55 bits per heavy atom. The summed E-state index contributed by atoms with van der Waals surface area (Å²) in [5, 5.41) is 0. The van der Waals surface area contributed by atoms with Crippen molar-refractivity contribution in [2.24, 2.45) is 0 Å². The number of hydrogen-bond donors (Lipinski definition) is 0. The molecule has 0 aliphatic heterocycles. The molecule has 0 radical (unpaired) electrons. The van der Waals surface area contributed by atoms with Gasteiger partial charge in [-0.3, -0.25) is 4.98 Å². The lowest BCUT2D eigenvalue weighted by molar-refractivity contribution is 0.150. The molecule has 1 rings (SSSR count). The SMILES string of the molecule is FC(F)c1cnccc1CCl. The van der Waals surface area contributed by atoms with E-state index in [1.807, 2.05) is 0 Å². The summed E-state index contributed by atoms with van der Waals surface area (Å²) in [5.74, 6) is 0.0994. The van der Waals surface area contributed by atoms with Crippen LogP contribution in [0.1, 0.15) is 17.6 Å². The monoisotopic (exact) mass is 177 g/mol. The van der Waals surface area contributed by atoms with E-state index in [2.05, 4.69) is 4.98 Å². The molecule has 1 aromatic rings. The highest BCUT2D eigenvalue weighted by Crippen LogP contribution is 2.22. The fraction of sp³-hybridized carbons (Fsp3) is 0.286. The van der Waals surface area contributed by atoms with Crippen molar-refractivity contribution in [3.8, 4) is 0 Å². The summed E-state index contributed by atoms with van der Waals surface area (Å²) in [7, 11) is 0. The first-order chi connectivity index (χ1) is 5.25. The zero-order valence-electron chi connectivity index (χ0n) is 5.60. The Balaban J connectivity index is 3.02. The van der Waals surface area contributed by atoms with E-state index in [9.17, 15) is 8.78 Å². The number of aromatic nitrogens is 1. The van der Waals surface area contributed by atoms with Crippen molar-refractivity contribution in [2.45, 2.75) is 12.3 Å². The van der Waals surface area contributed by atoms with Gasteiger partial charge in [0.1, 0.15) is 0 Å². The Kier molecular flexibility index (Phi) is 2.76. The second-order valence-corrected chi connectivity index (χ2v) is 2.28. The maximum absolute atomic E-state index is 12.1. The fourth-order valence-electron chi connectivity index (χ4n) is 0.754. The largest absolute Gasteiger partial charge is 0.265 e. The van der Waals surface area contributed by atoms with Crippen molar-refractivity contribution in [1.82, 2.24) is 4.98 Å². The molecule has 0 bridgehead atoms. The lowest BCUT2D eigenvalue weighted by Gasteiger charge is -2.02. The molecule has 4 heteroatoms. The van der Waals surface area contributed by atoms with Gasteiger partial charge in [-0.05, 0) is 11.6 Å². The quantitative estimate of drug-likeness (QED) is 0.633. The number of alkyl halides is 3. The van der Waals surface area contributed by atoms with Crippen molar-refractivity contribution < 1.29 is 8.78 Å². The van der Waals surface area contributed by atoms with Gasteiger partial charge in [-0.2, -0.15) is 0 Å². The zero-order chi connectivity index (χ0) is 8.27. The first kappa shape index (κ1) is 8.40. The van der Waals surface area contributed by atoms with Crippen LogP contribution in [0.25, 0.3) is 0 Å². The van der Waals surface area contributed by atoms with E-state index in [1.165, 1.54) is 12.3 Å². The molecule has 1 aromatic heterocycles. The van der Waals surface area contributed by atoms with Crippen LogP contribution >= 0.6 is 11.6 Å². The average Bonchev–Trinajstić information content (AvgIpc) is 2.04. The number of halogens is 3. The number of rotatable bonds is 2. The van der Waals surface area contributed by atoms with Crippen LogP contribution < -0.4 is 0 Å². The Morgan fingerprint density at radius 2 is 2.27 bits per heavy atom. The molecule has 0 saturated heterocycles. The van der Waals surface area contributed by atoms with Crippen molar-refractivity contribution in [1.29, 1.82) is 0 Å². The minimum absolute atomic E-state index is 0.0810. The van der Waals surface area contributed by atoms with Gasteiger partial charge in [-0.25, -0.2) is 8.78 Å². The van der Waals surface area contributed by atoms with Crippen LogP contribution in [-0.4, -0.2) is 4.98 Å². The second-order valence-electron chi connectivity index (χ2n) is 2.01. The third-order valence-corrected chi connectivity index (χ3v) is 1.61. The summed E-state index contributed by atoms with van der Waals surface area (Å²) < 4.78 is 24.2. The van der Waals surface area contributed by atoms with E-state index >= 15 is 0 Å². The molecule has 0 unspecified atom stereocenters. The van der Waals surface area contributed by atoms with Crippen LogP contribution in [0.4, 0.5) is 8.78 Å². The smallest absolute Gasteiger partial charge is 0.264 e. The third-order valence-electron chi connectivity index (χ3n) is 1.33. The predicted molar refractivity (Wildman–Crippen MR) is 38.8 cm³/mol. The highest BCUT2D eigenvalue weighted by molar-refractivity contribution is 6.17. The Labute approximate surface area is 68.0 Å². The Morgan fingerprint density at radius 3 is 2.73 bits per heavy atom. The summed E-state index contributed by atoms with van der Waals surface area (Å²) in [5.41, 5.74) is 0.360. The van der Waals surface area contributed by atoms with Crippen LogP contribution in [-0.2, 0) is 5.88 Å². The van der Waals surface area contributed by atoms with E-state index in [0.717, 1.165) is 6.20 Å². The Hall–Kier alpha value is -0.700. The lowest BCUT2D eigenvalue weighted by atomic mass is 10.2. The normalized spacial score (nSPS) is 10.5. The van der Waals surface area contributed by atoms with E-state index in [0.29, 0.717) is 5.56 Å².